The maximum atomic E-state index is 12.2. The van der Waals surface area contributed by atoms with Gasteiger partial charge in [0.2, 0.25) is 11.8 Å². The van der Waals surface area contributed by atoms with Gasteiger partial charge in [0, 0.05) is 18.5 Å². The van der Waals surface area contributed by atoms with E-state index in [1.807, 2.05) is 6.92 Å². The van der Waals surface area contributed by atoms with Gasteiger partial charge in [-0.2, -0.15) is 0 Å². The first-order chi connectivity index (χ1) is 8.51. The normalized spacial score (nSPS) is 34.4. The number of rotatable bonds is 3. The van der Waals surface area contributed by atoms with E-state index in [-0.39, 0.29) is 41.6 Å². The van der Waals surface area contributed by atoms with Crippen molar-refractivity contribution < 1.29 is 9.59 Å². The van der Waals surface area contributed by atoms with E-state index < -0.39 is 0 Å². The Labute approximate surface area is 120 Å². The SMILES string of the molecule is CC1(C(=O)NC2CCC(C(N)=O)CC2)CCNC1.Cl. The Balaban J connectivity index is 0.00000180. The molecule has 1 aliphatic heterocycles. The van der Waals surface area contributed by atoms with Crippen LogP contribution in [-0.4, -0.2) is 30.9 Å². The Bertz CT molecular complexity index is 335. The molecule has 1 saturated carbocycles. The van der Waals surface area contributed by atoms with Crippen molar-refractivity contribution in [1.82, 2.24) is 10.6 Å². The van der Waals surface area contributed by atoms with Crippen molar-refractivity contribution in [2.75, 3.05) is 13.1 Å². The van der Waals surface area contributed by atoms with Gasteiger partial charge in [-0.15, -0.1) is 12.4 Å². The molecule has 0 bridgehead atoms. The molecule has 2 fully saturated rings. The molecule has 2 rings (SSSR count). The van der Waals surface area contributed by atoms with Gasteiger partial charge in [-0.25, -0.2) is 0 Å². The quantitative estimate of drug-likeness (QED) is 0.710. The summed E-state index contributed by atoms with van der Waals surface area (Å²) in [6.07, 6.45) is 4.23. The molecule has 0 aromatic rings. The highest BCUT2D eigenvalue weighted by Crippen LogP contribution is 2.28. The average molecular weight is 290 g/mol. The Morgan fingerprint density at radius 3 is 2.37 bits per heavy atom. The van der Waals surface area contributed by atoms with Crippen molar-refractivity contribution in [2.45, 2.75) is 45.1 Å². The summed E-state index contributed by atoms with van der Waals surface area (Å²) in [5, 5.41) is 6.36. The zero-order valence-corrected chi connectivity index (χ0v) is 12.2. The summed E-state index contributed by atoms with van der Waals surface area (Å²) in [5.41, 5.74) is 5.04. The molecular weight excluding hydrogens is 266 g/mol. The molecule has 5 nitrogen and oxygen atoms in total. The molecule has 0 aromatic heterocycles. The van der Waals surface area contributed by atoms with Gasteiger partial charge in [0.05, 0.1) is 5.41 Å². The maximum absolute atomic E-state index is 12.2. The van der Waals surface area contributed by atoms with E-state index in [2.05, 4.69) is 10.6 Å². The lowest BCUT2D eigenvalue weighted by atomic mass is 9.84. The maximum Gasteiger partial charge on any atom is 0.227 e. The molecule has 0 aromatic carbocycles. The van der Waals surface area contributed by atoms with Crippen molar-refractivity contribution in [2.24, 2.45) is 17.1 Å². The molecule has 2 aliphatic rings. The molecule has 4 N–H and O–H groups in total. The van der Waals surface area contributed by atoms with E-state index in [9.17, 15) is 9.59 Å². The number of carbonyl (C=O) groups is 2. The number of halogens is 1. The third kappa shape index (κ3) is 3.83. The first kappa shape index (κ1) is 16.2. The first-order valence-electron chi connectivity index (χ1n) is 6.82. The van der Waals surface area contributed by atoms with Crippen LogP contribution in [0.5, 0.6) is 0 Å². The largest absolute Gasteiger partial charge is 0.369 e. The molecule has 2 amide bonds. The molecule has 1 aliphatic carbocycles. The van der Waals surface area contributed by atoms with Crippen molar-refractivity contribution in [3.05, 3.63) is 0 Å². The fourth-order valence-corrected chi connectivity index (χ4v) is 2.89. The van der Waals surface area contributed by atoms with Crippen LogP contribution in [0.2, 0.25) is 0 Å². The Hall–Kier alpha value is -0.810. The predicted octanol–water partition coefficient (Wildman–Crippen LogP) is 0.568. The molecule has 1 unspecified atom stereocenters. The van der Waals surface area contributed by atoms with Gasteiger partial charge in [-0.3, -0.25) is 9.59 Å². The van der Waals surface area contributed by atoms with Crippen molar-refractivity contribution in [3.63, 3.8) is 0 Å². The number of hydrogen-bond acceptors (Lipinski definition) is 3. The minimum Gasteiger partial charge on any atom is -0.369 e. The summed E-state index contributed by atoms with van der Waals surface area (Å²) < 4.78 is 0. The predicted molar refractivity (Wildman–Crippen MR) is 75.9 cm³/mol. The summed E-state index contributed by atoms with van der Waals surface area (Å²) in [6, 6.07) is 0.213. The van der Waals surface area contributed by atoms with E-state index in [0.29, 0.717) is 0 Å². The van der Waals surface area contributed by atoms with Crippen LogP contribution in [0.3, 0.4) is 0 Å². The molecule has 1 atom stereocenters. The van der Waals surface area contributed by atoms with Crippen LogP contribution >= 0.6 is 12.4 Å². The number of primary amides is 1. The average Bonchev–Trinajstić information content (AvgIpc) is 2.78. The van der Waals surface area contributed by atoms with Gasteiger partial charge in [-0.1, -0.05) is 0 Å². The van der Waals surface area contributed by atoms with E-state index in [0.717, 1.165) is 45.2 Å². The summed E-state index contributed by atoms with van der Waals surface area (Å²) in [4.78, 5) is 23.3. The molecule has 1 saturated heterocycles. The fourth-order valence-electron chi connectivity index (χ4n) is 2.89. The van der Waals surface area contributed by atoms with E-state index in [4.69, 9.17) is 5.73 Å². The van der Waals surface area contributed by atoms with Crippen LogP contribution in [0.25, 0.3) is 0 Å². The van der Waals surface area contributed by atoms with Gasteiger partial charge >= 0.3 is 0 Å². The van der Waals surface area contributed by atoms with Crippen molar-refractivity contribution in [3.8, 4) is 0 Å². The van der Waals surface area contributed by atoms with Gasteiger partial charge < -0.3 is 16.4 Å². The van der Waals surface area contributed by atoms with Gasteiger partial charge in [0.25, 0.3) is 0 Å². The van der Waals surface area contributed by atoms with Gasteiger partial charge in [0.15, 0.2) is 0 Å². The minimum atomic E-state index is -0.263. The number of carbonyl (C=O) groups excluding carboxylic acids is 2. The number of hydrogen-bond donors (Lipinski definition) is 3. The monoisotopic (exact) mass is 289 g/mol. The lowest BCUT2D eigenvalue weighted by molar-refractivity contribution is -0.130. The van der Waals surface area contributed by atoms with Crippen LogP contribution in [0, 0.1) is 11.3 Å². The van der Waals surface area contributed by atoms with Crippen LogP contribution in [0.1, 0.15) is 39.0 Å². The van der Waals surface area contributed by atoms with Crippen molar-refractivity contribution in [1.29, 1.82) is 0 Å². The van der Waals surface area contributed by atoms with E-state index in [1.54, 1.807) is 0 Å². The second kappa shape index (κ2) is 6.57. The molecule has 6 heteroatoms. The summed E-state index contributed by atoms with van der Waals surface area (Å²) in [5.74, 6) is -0.0522. The minimum absolute atomic E-state index is 0. The lowest BCUT2D eigenvalue weighted by Gasteiger charge is -2.30. The second-order valence-electron chi connectivity index (χ2n) is 5.91. The van der Waals surface area contributed by atoms with Gasteiger partial charge in [0.1, 0.15) is 0 Å². The summed E-state index contributed by atoms with van der Waals surface area (Å²) in [6.45, 7) is 3.69. The molecule has 19 heavy (non-hydrogen) atoms. The highest BCUT2D eigenvalue weighted by atomic mass is 35.5. The molecule has 0 radical (unpaired) electrons. The summed E-state index contributed by atoms with van der Waals surface area (Å²) >= 11 is 0. The van der Waals surface area contributed by atoms with Crippen molar-refractivity contribution >= 4 is 24.2 Å². The van der Waals surface area contributed by atoms with Crippen LogP contribution in [0.15, 0.2) is 0 Å². The molecular formula is C13H24ClN3O2. The standard InChI is InChI=1S/C13H23N3O2.ClH/c1-13(6-7-15-8-13)12(18)16-10-4-2-9(3-5-10)11(14)17;/h9-10,15H,2-8H2,1H3,(H2,14,17)(H,16,18);1H. The Kier molecular flexibility index (Phi) is 5.62. The van der Waals surface area contributed by atoms with Crippen LogP contribution < -0.4 is 16.4 Å². The Morgan fingerprint density at radius 2 is 1.89 bits per heavy atom. The van der Waals surface area contributed by atoms with E-state index >= 15 is 0 Å². The first-order valence-corrected chi connectivity index (χ1v) is 6.82. The zero-order valence-electron chi connectivity index (χ0n) is 11.4. The smallest absolute Gasteiger partial charge is 0.227 e. The summed E-state index contributed by atoms with van der Waals surface area (Å²) in [7, 11) is 0. The number of nitrogens with two attached hydrogens (primary N) is 1. The third-order valence-electron chi connectivity index (χ3n) is 4.38. The molecule has 110 valence electrons. The highest BCUT2D eigenvalue weighted by molar-refractivity contribution is 5.85. The second-order valence-corrected chi connectivity index (χ2v) is 5.91. The zero-order chi connectivity index (χ0) is 13.2. The third-order valence-corrected chi connectivity index (χ3v) is 4.38. The van der Waals surface area contributed by atoms with Crippen LogP contribution in [-0.2, 0) is 9.59 Å². The topological polar surface area (TPSA) is 84.2 Å². The molecule has 1 heterocycles. The van der Waals surface area contributed by atoms with Gasteiger partial charge in [-0.05, 0) is 45.6 Å². The lowest BCUT2D eigenvalue weighted by Crippen LogP contribution is -2.47. The molecule has 0 spiro atoms. The Morgan fingerprint density at radius 1 is 1.26 bits per heavy atom. The highest BCUT2D eigenvalue weighted by Gasteiger charge is 2.37. The number of nitrogens with one attached hydrogen (secondary N) is 2. The van der Waals surface area contributed by atoms with Crippen LogP contribution in [0.4, 0.5) is 0 Å². The number of amides is 2. The fraction of sp³-hybridized carbons (Fsp3) is 0.846. The van der Waals surface area contributed by atoms with E-state index in [1.165, 1.54) is 0 Å².